The lowest BCUT2D eigenvalue weighted by Crippen LogP contribution is -1.89. The average Bonchev–Trinajstić information content (AvgIpc) is 1.39. The minimum Gasteiger partial charge on any atom is -0.323 e. The highest BCUT2D eigenvalue weighted by Crippen LogP contribution is 1.66. The van der Waals surface area contributed by atoms with E-state index in [0.29, 0.717) is 0 Å². The molecule has 0 aliphatic carbocycles. The molecular formula is C2H9BNO2P+. The quantitative estimate of drug-likeness (QED) is 0.331. The molecular weight excluding hydrogens is 112 g/mol. The van der Waals surface area contributed by atoms with Gasteiger partial charge in [0, 0.05) is 8.41 Å². The molecule has 0 aromatic rings. The van der Waals surface area contributed by atoms with Crippen molar-refractivity contribution in [2.24, 2.45) is 0 Å². The molecule has 0 spiro atoms. The first-order valence-electron chi connectivity index (χ1n) is 1.43. The van der Waals surface area contributed by atoms with E-state index >= 15 is 0 Å². The van der Waals surface area contributed by atoms with Crippen LogP contribution in [0.3, 0.4) is 0 Å². The summed E-state index contributed by atoms with van der Waals surface area (Å²) in [6.45, 7) is 0. The molecule has 0 fully saturated rings. The molecule has 0 saturated carbocycles. The SMILES string of the molecule is CNC.O=[PH+]O.[B]. The smallest absolute Gasteiger partial charge is 0.323 e. The van der Waals surface area contributed by atoms with Crippen LogP contribution in [0.1, 0.15) is 0 Å². The minimum atomic E-state index is -1.17. The third-order valence-electron chi connectivity index (χ3n) is 0. The molecule has 0 saturated heterocycles. The lowest BCUT2D eigenvalue weighted by atomic mass is 10.8. The van der Waals surface area contributed by atoms with Gasteiger partial charge < -0.3 is 5.32 Å². The Kier molecular flexibility index (Phi) is 81.3. The second-order valence-electron chi connectivity index (χ2n) is 0.591. The summed E-state index contributed by atoms with van der Waals surface area (Å²) in [5, 5.41) is 2.75. The molecule has 0 aliphatic rings. The van der Waals surface area contributed by atoms with Gasteiger partial charge in [-0.1, -0.05) is 0 Å². The maximum absolute atomic E-state index is 8.51. The van der Waals surface area contributed by atoms with Gasteiger partial charge in [-0.05, 0) is 18.7 Å². The standard InChI is InChI=1S/C2H7N.B.HO2P/c1-3-2;;1-3-2/h3H,1-2H3;;3H/p+1. The Hall–Kier alpha value is 0.0849. The van der Waals surface area contributed by atoms with Gasteiger partial charge in [0.2, 0.25) is 0 Å². The minimum absolute atomic E-state index is 0. The predicted molar refractivity (Wildman–Crippen MR) is 32.0 cm³/mol. The second-order valence-corrected chi connectivity index (χ2v) is 0.774. The Morgan fingerprint density at radius 3 is 1.57 bits per heavy atom. The first-order valence-corrected chi connectivity index (χ1v) is 2.28. The summed E-state index contributed by atoms with van der Waals surface area (Å²) in [7, 11) is 2.58. The molecule has 0 rings (SSSR count). The van der Waals surface area contributed by atoms with Crippen LogP contribution in [-0.2, 0) is 4.57 Å². The van der Waals surface area contributed by atoms with Crippen LogP contribution >= 0.6 is 8.69 Å². The highest BCUT2D eigenvalue weighted by molar-refractivity contribution is 7.16. The van der Waals surface area contributed by atoms with E-state index in [-0.39, 0.29) is 8.41 Å². The Morgan fingerprint density at radius 2 is 1.57 bits per heavy atom. The van der Waals surface area contributed by atoms with E-state index in [1.54, 1.807) is 0 Å². The maximum atomic E-state index is 8.51. The highest BCUT2D eigenvalue weighted by Gasteiger charge is 1.45. The van der Waals surface area contributed by atoms with E-state index in [0.717, 1.165) is 0 Å². The summed E-state index contributed by atoms with van der Waals surface area (Å²) in [4.78, 5) is 7.04. The molecule has 7 heavy (non-hydrogen) atoms. The van der Waals surface area contributed by atoms with Gasteiger partial charge in [-0.25, -0.2) is 0 Å². The van der Waals surface area contributed by atoms with Gasteiger partial charge in [0.05, 0.1) is 0 Å². The molecule has 0 bridgehead atoms. The molecule has 3 nitrogen and oxygen atoms in total. The molecule has 2 N–H and O–H groups in total. The normalized spacial score (nSPS) is 5.57. The summed E-state index contributed by atoms with van der Waals surface area (Å²) in [6.07, 6.45) is 0. The van der Waals surface area contributed by atoms with Crippen LogP contribution in [0.2, 0.25) is 0 Å². The van der Waals surface area contributed by atoms with Crippen molar-refractivity contribution < 1.29 is 9.46 Å². The first-order chi connectivity index (χ1) is 2.83. The fourth-order valence-corrected chi connectivity index (χ4v) is 0. The molecule has 0 aromatic carbocycles. The molecule has 0 heterocycles. The van der Waals surface area contributed by atoms with Crippen molar-refractivity contribution in [3.8, 4) is 0 Å². The van der Waals surface area contributed by atoms with E-state index in [9.17, 15) is 0 Å². The molecule has 0 aliphatic heterocycles. The summed E-state index contributed by atoms with van der Waals surface area (Å²) < 4.78 is 8.51. The van der Waals surface area contributed by atoms with Gasteiger partial charge in [0.1, 0.15) is 0 Å². The van der Waals surface area contributed by atoms with Crippen molar-refractivity contribution in [1.29, 1.82) is 0 Å². The van der Waals surface area contributed by atoms with Crippen LogP contribution in [0.15, 0.2) is 0 Å². The molecule has 5 heteroatoms. The van der Waals surface area contributed by atoms with Crippen molar-refractivity contribution in [2.45, 2.75) is 0 Å². The zero-order valence-electron chi connectivity index (χ0n) is 4.43. The number of hydrogen-bond donors (Lipinski definition) is 2. The van der Waals surface area contributed by atoms with Gasteiger partial charge in [-0.3, -0.25) is 0 Å². The summed E-state index contributed by atoms with van der Waals surface area (Å²) in [6, 6.07) is 0. The van der Waals surface area contributed by atoms with Gasteiger partial charge in [0.25, 0.3) is 0 Å². The van der Waals surface area contributed by atoms with Crippen LogP contribution in [0.4, 0.5) is 0 Å². The third kappa shape index (κ3) is 14100. The van der Waals surface area contributed by atoms with E-state index in [1.807, 2.05) is 14.1 Å². The monoisotopic (exact) mass is 121 g/mol. The highest BCUT2D eigenvalue weighted by atomic mass is 31.1. The molecule has 41 valence electrons. The number of nitrogens with one attached hydrogen (secondary N) is 1. The van der Waals surface area contributed by atoms with Crippen molar-refractivity contribution in [2.75, 3.05) is 14.1 Å². The van der Waals surface area contributed by atoms with Gasteiger partial charge in [-0.2, -0.15) is 4.89 Å². The predicted octanol–water partition coefficient (Wildman–Crippen LogP) is -0.628. The van der Waals surface area contributed by atoms with E-state index in [2.05, 4.69) is 5.32 Å². The summed E-state index contributed by atoms with van der Waals surface area (Å²) in [5.41, 5.74) is 0. The molecule has 1 atom stereocenters. The van der Waals surface area contributed by atoms with E-state index < -0.39 is 8.69 Å². The van der Waals surface area contributed by atoms with Crippen LogP contribution in [0, 0.1) is 0 Å². The van der Waals surface area contributed by atoms with Crippen LogP contribution in [-0.4, -0.2) is 27.4 Å². The Bertz CT molecular complexity index is 29.7. The Morgan fingerprint density at radius 1 is 1.57 bits per heavy atom. The van der Waals surface area contributed by atoms with Crippen molar-refractivity contribution in [3.63, 3.8) is 0 Å². The topological polar surface area (TPSA) is 49.3 Å². The van der Waals surface area contributed by atoms with Crippen molar-refractivity contribution in [1.82, 2.24) is 5.32 Å². The van der Waals surface area contributed by atoms with Crippen LogP contribution in [0.25, 0.3) is 0 Å². The Labute approximate surface area is 47.0 Å². The zero-order valence-corrected chi connectivity index (χ0v) is 5.43. The summed E-state index contributed by atoms with van der Waals surface area (Å²) >= 11 is 0. The van der Waals surface area contributed by atoms with Crippen LogP contribution in [0.5, 0.6) is 0 Å². The average molecular weight is 121 g/mol. The van der Waals surface area contributed by atoms with Crippen molar-refractivity contribution >= 4 is 17.1 Å². The number of hydrogen-bond acceptors (Lipinski definition) is 2. The fourth-order valence-electron chi connectivity index (χ4n) is 0. The lowest BCUT2D eigenvalue weighted by Gasteiger charge is -1.59. The molecule has 0 amide bonds. The second kappa shape index (κ2) is 36.2. The summed E-state index contributed by atoms with van der Waals surface area (Å²) in [5.74, 6) is 0. The van der Waals surface area contributed by atoms with Gasteiger partial charge in [-0.15, -0.1) is 0 Å². The van der Waals surface area contributed by atoms with Gasteiger partial charge >= 0.3 is 8.69 Å². The van der Waals surface area contributed by atoms with Crippen molar-refractivity contribution in [3.05, 3.63) is 0 Å². The van der Waals surface area contributed by atoms with Crippen LogP contribution < -0.4 is 5.32 Å². The first kappa shape index (κ1) is 15.7. The fraction of sp³-hybridized carbons (Fsp3) is 1.00. The number of rotatable bonds is 0. The van der Waals surface area contributed by atoms with E-state index in [4.69, 9.17) is 9.46 Å². The van der Waals surface area contributed by atoms with Gasteiger partial charge in [0.15, 0.2) is 0 Å². The lowest BCUT2D eigenvalue weighted by molar-refractivity contribution is 0.524. The third-order valence-corrected chi connectivity index (χ3v) is 0. The maximum Gasteiger partial charge on any atom is 0.491 e. The molecule has 0 aromatic heterocycles. The Balaban J connectivity index is -0.0000000400. The zero-order chi connectivity index (χ0) is 5.41. The van der Waals surface area contributed by atoms with E-state index in [1.165, 1.54) is 0 Å². The largest absolute Gasteiger partial charge is 0.491 e. The molecule has 3 radical (unpaired) electrons. The molecule has 1 unspecified atom stereocenters.